The molecule has 1 aliphatic rings. The van der Waals surface area contributed by atoms with Gasteiger partial charge in [-0.1, -0.05) is 24.9 Å². The van der Waals surface area contributed by atoms with Crippen LogP contribution < -0.4 is 5.32 Å². The highest BCUT2D eigenvalue weighted by Crippen LogP contribution is 2.11. The van der Waals surface area contributed by atoms with Crippen LogP contribution in [0.3, 0.4) is 0 Å². The minimum Gasteiger partial charge on any atom is -0.314 e. The molecule has 0 aromatic heterocycles. The number of rotatable bonds is 4. The summed E-state index contributed by atoms with van der Waals surface area (Å²) in [5, 5.41) is 3.45. The van der Waals surface area contributed by atoms with Crippen molar-refractivity contribution >= 4 is 11.6 Å². The first-order valence-corrected chi connectivity index (χ1v) is 5.92. The topological polar surface area (TPSA) is 15.3 Å². The molecule has 14 heavy (non-hydrogen) atoms. The van der Waals surface area contributed by atoms with Crippen LogP contribution in [0, 0.1) is 0 Å². The lowest BCUT2D eigenvalue weighted by Crippen LogP contribution is -2.51. The largest absolute Gasteiger partial charge is 0.314 e. The van der Waals surface area contributed by atoms with Gasteiger partial charge in [-0.05, 0) is 18.9 Å². The van der Waals surface area contributed by atoms with Crippen LogP contribution in [0.1, 0.15) is 26.7 Å². The molecule has 1 aliphatic heterocycles. The molecular formula is C11H21ClN2. The van der Waals surface area contributed by atoms with E-state index >= 15 is 0 Å². The molecule has 0 aromatic carbocycles. The number of nitrogens with zero attached hydrogens (tertiary/aromatic N) is 1. The third-order valence-corrected chi connectivity index (χ3v) is 3.11. The fraction of sp³-hybridized carbons (Fsp3) is 0.818. The zero-order chi connectivity index (χ0) is 10.4. The highest BCUT2D eigenvalue weighted by atomic mass is 35.5. The van der Waals surface area contributed by atoms with E-state index < -0.39 is 0 Å². The average Bonchev–Trinajstić information content (AvgIpc) is 2.21. The van der Waals surface area contributed by atoms with E-state index in [9.17, 15) is 0 Å². The van der Waals surface area contributed by atoms with Gasteiger partial charge in [0, 0.05) is 37.8 Å². The van der Waals surface area contributed by atoms with Gasteiger partial charge in [0.15, 0.2) is 0 Å². The van der Waals surface area contributed by atoms with Crippen LogP contribution in [-0.4, -0.2) is 37.1 Å². The van der Waals surface area contributed by atoms with Crippen LogP contribution in [0.4, 0.5) is 0 Å². The van der Waals surface area contributed by atoms with Gasteiger partial charge in [-0.3, -0.25) is 4.90 Å². The molecule has 1 saturated heterocycles. The SMILES string of the molecule is CCCC1CNCCN1CC(C)=CCl. The molecule has 0 aromatic rings. The molecule has 0 amide bonds. The number of hydrogen-bond acceptors (Lipinski definition) is 2. The molecule has 0 aliphatic carbocycles. The maximum absolute atomic E-state index is 5.69. The summed E-state index contributed by atoms with van der Waals surface area (Å²) in [4.78, 5) is 2.54. The standard InChI is InChI=1S/C11H21ClN2/c1-3-4-11-8-13-5-6-14(11)9-10(2)7-12/h7,11,13H,3-6,8-9H2,1-2H3. The summed E-state index contributed by atoms with van der Waals surface area (Å²) in [7, 11) is 0. The van der Waals surface area contributed by atoms with Crippen LogP contribution in [0.5, 0.6) is 0 Å². The smallest absolute Gasteiger partial charge is 0.0224 e. The van der Waals surface area contributed by atoms with Crippen molar-refractivity contribution in [3.8, 4) is 0 Å². The van der Waals surface area contributed by atoms with Crippen molar-refractivity contribution in [3.05, 3.63) is 11.1 Å². The fourth-order valence-electron chi connectivity index (χ4n) is 1.98. The van der Waals surface area contributed by atoms with Gasteiger partial charge in [0.25, 0.3) is 0 Å². The number of hydrogen-bond donors (Lipinski definition) is 1. The van der Waals surface area contributed by atoms with Crippen molar-refractivity contribution in [1.29, 1.82) is 0 Å². The van der Waals surface area contributed by atoms with Gasteiger partial charge < -0.3 is 5.32 Å². The van der Waals surface area contributed by atoms with E-state index in [0.29, 0.717) is 6.04 Å². The summed E-state index contributed by atoms with van der Waals surface area (Å²) in [6.07, 6.45) is 2.54. The van der Waals surface area contributed by atoms with Crippen molar-refractivity contribution < 1.29 is 0 Å². The lowest BCUT2D eigenvalue weighted by molar-refractivity contribution is 0.165. The summed E-state index contributed by atoms with van der Waals surface area (Å²) in [5.41, 5.74) is 2.96. The maximum Gasteiger partial charge on any atom is 0.0224 e. The summed E-state index contributed by atoms with van der Waals surface area (Å²) in [5.74, 6) is 0. The molecule has 1 atom stereocenters. The lowest BCUT2D eigenvalue weighted by Gasteiger charge is -2.36. The van der Waals surface area contributed by atoms with Gasteiger partial charge in [0.1, 0.15) is 0 Å². The Morgan fingerprint density at radius 2 is 2.43 bits per heavy atom. The lowest BCUT2D eigenvalue weighted by atomic mass is 10.1. The third-order valence-electron chi connectivity index (χ3n) is 2.73. The summed E-state index contributed by atoms with van der Waals surface area (Å²) < 4.78 is 0. The minimum absolute atomic E-state index is 0.695. The summed E-state index contributed by atoms with van der Waals surface area (Å²) >= 11 is 5.69. The number of nitrogens with one attached hydrogen (secondary N) is 1. The van der Waals surface area contributed by atoms with Gasteiger partial charge in [-0.2, -0.15) is 0 Å². The molecule has 0 bridgehead atoms. The second-order valence-electron chi connectivity index (χ2n) is 4.07. The van der Waals surface area contributed by atoms with Crippen molar-refractivity contribution in [2.45, 2.75) is 32.7 Å². The summed E-state index contributed by atoms with van der Waals surface area (Å²) in [6.45, 7) is 8.75. The predicted octanol–water partition coefficient (Wildman–Crippen LogP) is 2.20. The molecule has 1 N–H and O–H groups in total. The van der Waals surface area contributed by atoms with Crippen molar-refractivity contribution in [2.24, 2.45) is 0 Å². The molecule has 0 saturated carbocycles. The molecule has 1 unspecified atom stereocenters. The fourth-order valence-corrected chi connectivity index (χ4v) is 2.05. The van der Waals surface area contributed by atoms with Gasteiger partial charge in [-0.15, -0.1) is 0 Å². The molecule has 3 heteroatoms. The number of halogens is 1. The van der Waals surface area contributed by atoms with Gasteiger partial charge in [0.2, 0.25) is 0 Å². The normalized spacial score (nSPS) is 25.4. The Hall–Kier alpha value is -0.0500. The predicted molar refractivity (Wildman–Crippen MR) is 62.7 cm³/mol. The second-order valence-corrected chi connectivity index (χ2v) is 4.29. The van der Waals surface area contributed by atoms with Crippen LogP contribution in [0.25, 0.3) is 0 Å². The Balaban J connectivity index is 2.45. The first-order chi connectivity index (χ1) is 6.77. The van der Waals surface area contributed by atoms with E-state index in [-0.39, 0.29) is 0 Å². The Kier molecular flexibility index (Phi) is 5.53. The van der Waals surface area contributed by atoms with Crippen LogP contribution in [0.2, 0.25) is 0 Å². The Bertz CT molecular complexity index is 190. The Morgan fingerprint density at radius 1 is 1.64 bits per heavy atom. The van der Waals surface area contributed by atoms with E-state index in [1.165, 1.54) is 18.4 Å². The monoisotopic (exact) mass is 216 g/mol. The molecule has 1 rings (SSSR count). The van der Waals surface area contributed by atoms with Gasteiger partial charge >= 0.3 is 0 Å². The van der Waals surface area contributed by atoms with Crippen LogP contribution in [0.15, 0.2) is 11.1 Å². The van der Waals surface area contributed by atoms with E-state index in [2.05, 4.69) is 24.1 Å². The van der Waals surface area contributed by atoms with Crippen molar-refractivity contribution in [1.82, 2.24) is 10.2 Å². The average molecular weight is 217 g/mol. The zero-order valence-corrected chi connectivity index (χ0v) is 9.98. The first kappa shape index (κ1) is 12.0. The number of piperazine rings is 1. The minimum atomic E-state index is 0.695. The van der Waals surface area contributed by atoms with Crippen LogP contribution >= 0.6 is 11.6 Å². The molecule has 0 spiro atoms. The molecule has 1 fully saturated rings. The highest BCUT2D eigenvalue weighted by molar-refractivity contribution is 6.25. The maximum atomic E-state index is 5.69. The van der Waals surface area contributed by atoms with Gasteiger partial charge in [-0.25, -0.2) is 0 Å². The second kappa shape index (κ2) is 6.44. The van der Waals surface area contributed by atoms with Gasteiger partial charge in [0.05, 0.1) is 0 Å². The Labute approximate surface area is 92.3 Å². The van der Waals surface area contributed by atoms with E-state index in [0.717, 1.165) is 26.2 Å². The zero-order valence-electron chi connectivity index (χ0n) is 9.22. The van der Waals surface area contributed by atoms with Crippen molar-refractivity contribution in [3.63, 3.8) is 0 Å². The summed E-state index contributed by atoms with van der Waals surface area (Å²) in [6, 6.07) is 0.695. The van der Waals surface area contributed by atoms with E-state index in [4.69, 9.17) is 11.6 Å². The van der Waals surface area contributed by atoms with E-state index in [1.807, 2.05) is 0 Å². The van der Waals surface area contributed by atoms with Crippen molar-refractivity contribution in [2.75, 3.05) is 26.2 Å². The first-order valence-electron chi connectivity index (χ1n) is 5.48. The van der Waals surface area contributed by atoms with Crippen LogP contribution in [-0.2, 0) is 0 Å². The molecule has 82 valence electrons. The highest BCUT2D eigenvalue weighted by Gasteiger charge is 2.20. The molecule has 1 heterocycles. The Morgan fingerprint density at radius 3 is 3.07 bits per heavy atom. The molecule has 0 radical (unpaired) electrons. The third kappa shape index (κ3) is 3.60. The molecule has 2 nitrogen and oxygen atoms in total. The van der Waals surface area contributed by atoms with E-state index in [1.54, 1.807) is 5.54 Å². The quantitative estimate of drug-likeness (QED) is 0.775. The molecular weight excluding hydrogens is 196 g/mol.